The quantitative estimate of drug-likeness (QED) is 0.656. The molecule has 9 heteroatoms. The third kappa shape index (κ3) is 6.56. The van der Waals surface area contributed by atoms with Crippen LogP contribution in [-0.2, 0) is 9.84 Å². The number of hydrogen-bond donors (Lipinski definition) is 2. The Morgan fingerprint density at radius 1 is 1.05 bits per heavy atom. The van der Waals surface area contributed by atoms with Gasteiger partial charge >= 0.3 is 6.01 Å². The van der Waals surface area contributed by atoms with Crippen LogP contribution in [0.4, 0.5) is 11.9 Å². The predicted octanol–water partition coefficient (Wildman–Crippen LogP) is 0.939. The highest BCUT2D eigenvalue weighted by Crippen LogP contribution is 2.11. The number of anilines is 2. The molecule has 0 aliphatic rings. The van der Waals surface area contributed by atoms with Gasteiger partial charge in [0.25, 0.3) is 0 Å². The van der Waals surface area contributed by atoms with Gasteiger partial charge in [-0.3, -0.25) is 0 Å². The number of nitrogens with zero attached hydrogens (tertiary/aromatic N) is 3. The highest BCUT2D eigenvalue weighted by Gasteiger charge is 2.10. The van der Waals surface area contributed by atoms with Crippen molar-refractivity contribution in [3.05, 3.63) is 0 Å². The number of sulfone groups is 1. The molecule has 0 aliphatic carbocycles. The van der Waals surface area contributed by atoms with E-state index < -0.39 is 9.84 Å². The Kier molecular flexibility index (Phi) is 7.13. The molecule has 120 valence electrons. The van der Waals surface area contributed by atoms with Gasteiger partial charge in [0.05, 0.1) is 12.4 Å². The number of nitrogens with one attached hydrogen (secondary N) is 2. The molecule has 1 aromatic rings. The molecule has 0 unspecified atom stereocenters. The molecule has 0 saturated heterocycles. The minimum atomic E-state index is -3.01. The van der Waals surface area contributed by atoms with Gasteiger partial charge in [-0.25, -0.2) is 8.42 Å². The molecule has 0 fully saturated rings. The zero-order chi connectivity index (χ0) is 15.7. The zero-order valence-corrected chi connectivity index (χ0v) is 13.5. The molecule has 1 aromatic heterocycles. The normalized spacial score (nSPS) is 11.2. The first-order valence-corrected chi connectivity index (χ1v) is 8.89. The van der Waals surface area contributed by atoms with E-state index >= 15 is 0 Å². The van der Waals surface area contributed by atoms with E-state index in [0.717, 1.165) is 6.42 Å². The number of hydrogen-bond acceptors (Lipinski definition) is 8. The number of aromatic nitrogens is 3. The van der Waals surface area contributed by atoms with Crippen molar-refractivity contribution in [2.24, 2.45) is 0 Å². The Bertz CT molecular complexity index is 536. The molecule has 8 nitrogen and oxygen atoms in total. The van der Waals surface area contributed by atoms with Crippen molar-refractivity contribution < 1.29 is 13.2 Å². The van der Waals surface area contributed by atoms with Crippen LogP contribution in [0.2, 0.25) is 0 Å². The lowest BCUT2D eigenvalue weighted by Crippen LogP contribution is -2.19. The first kappa shape index (κ1) is 17.4. The maximum Gasteiger partial charge on any atom is 0.323 e. The van der Waals surface area contributed by atoms with E-state index in [9.17, 15) is 8.42 Å². The van der Waals surface area contributed by atoms with Crippen molar-refractivity contribution in [1.82, 2.24) is 15.0 Å². The van der Waals surface area contributed by atoms with Gasteiger partial charge in [0.15, 0.2) is 9.84 Å². The van der Waals surface area contributed by atoms with Crippen molar-refractivity contribution in [2.45, 2.75) is 27.2 Å². The van der Waals surface area contributed by atoms with Gasteiger partial charge in [-0.2, -0.15) is 15.0 Å². The minimum Gasteiger partial charge on any atom is -0.463 e. The summed E-state index contributed by atoms with van der Waals surface area (Å²) in [4.78, 5) is 12.4. The van der Waals surface area contributed by atoms with Crippen LogP contribution < -0.4 is 15.4 Å². The van der Waals surface area contributed by atoms with Gasteiger partial charge in [0.2, 0.25) is 11.9 Å². The molecule has 0 aromatic carbocycles. The Hall–Kier alpha value is -1.64. The largest absolute Gasteiger partial charge is 0.463 e. The Labute approximate surface area is 125 Å². The van der Waals surface area contributed by atoms with Gasteiger partial charge in [0, 0.05) is 18.8 Å². The van der Waals surface area contributed by atoms with Crippen LogP contribution in [0.3, 0.4) is 0 Å². The lowest BCUT2D eigenvalue weighted by molar-refractivity contribution is 0.292. The monoisotopic (exact) mass is 317 g/mol. The van der Waals surface area contributed by atoms with Crippen LogP contribution >= 0.6 is 0 Å². The second-order valence-electron chi connectivity index (χ2n) is 4.31. The standard InChI is InChI=1S/C12H23N5O3S/c1-4-8-20-12-16-10(13-5-2)15-11(17-12)14-7-9-21(18,19)6-3/h4-9H2,1-3H3,(H2,13,14,15,16,17). The second-order valence-corrected chi connectivity index (χ2v) is 6.78. The van der Waals surface area contributed by atoms with Crippen LogP contribution in [0.25, 0.3) is 0 Å². The van der Waals surface area contributed by atoms with E-state index in [2.05, 4.69) is 25.6 Å². The molecule has 0 radical (unpaired) electrons. The lowest BCUT2D eigenvalue weighted by atomic mass is 10.5. The predicted molar refractivity (Wildman–Crippen MR) is 82.6 cm³/mol. The summed E-state index contributed by atoms with van der Waals surface area (Å²) in [7, 11) is -3.01. The second kappa shape index (κ2) is 8.60. The summed E-state index contributed by atoms with van der Waals surface area (Å²) in [6.45, 7) is 6.97. The molecule has 0 saturated carbocycles. The van der Waals surface area contributed by atoms with E-state index in [1.807, 2.05) is 13.8 Å². The maximum atomic E-state index is 11.4. The third-order valence-corrected chi connectivity index (χ3v) is 4.23. The van der Waals surface area contributed by atoms with Crippen molar-refractivity contribution in [3.63, 3.8) is 0 Å². The van der Waals surface area contributed by atoms with E-state index in [1.54, 1.807) is 6.92 Å². The summed E-state index contributed by atoms with van der Waals surface area (Å²) >= 11 is 0. The smallest absolute Gasteiger partial charge is 0.323 e. The van der Waals surface area contributed by atoms with E-state index in [1.165, 1.54) is 0 Å². The SMILES string of the molecule is CCCOc1nc(NCC)nc(NCCS(=O)(=O)CC)n1. The lowest BCUT2D eigenvalue weighted by Gasteiger charge is -2.09. The molecule has 0 bridgehead atoms. The Morgan fingerprint density at radius 3 is 2.29 bits per heavy atom. The molecule has 2 N–H and O–H groups in total. The molecule has 0 amide bonds. The molecule has 21 heavy (non-hydrogen) atoms. The van der Waals surface area contributed by atoms with E-state index in [4.69, 9.17) is 4.74 Å². The minimum absolute atomic E-state index is 0.0386. The summed E-state index contributed by atoms with van der Waals surface area (Å²) in [6, 6.07) is 0.226. The summed E-state index contributed by atoms with van der Waals surface area (Å²) in [6.07, 6.45) is 0.847. The molecule has 1 heterocycles. The summed E-state index contributed by atoms with van der Waals surface area (Å²) in [5, 5.41) is 5.87. The summed E-state index contributed by atoms with van der Waals surface area (Å²) < 4.78 is 28.3. The van der Waals surface area contributed by atoms with Crippen LogP contribution in [-0.4, -0.2) is 54.6 Å². The van der Waals surface area contributed by atoms with Gasteiger partial charge in [-0.15, -0.1) is 0 Å². The first-order chi connectivity index (χ1) is 10.0. The van der Waals surface area contributed by atoms with E-state index in [0.29, 0.717) is 25.0 Å². The number of rotatable bonds is 10. The zero-order valence-electron chi connectivity index (χ0n) is 12.7. The van der Waals surface area contributed by atoms with Gasteiger partial charge in [0.1, 0.15) is 0 Å². The maximum absolute atomic E-state index is 11.4. The average molecular weight is 317 g/mol. The topological polar surface area (TPSA) is 106 Å². The molecule has 0 spiro atoms. The van der Waals surface area contributed by atoms with Crippen molar-refractivity contribution in [2.75, 3.05) is 41.8 Å². The van der Waals surface area contributed by atoms with Crippen LogP contribution in [0.5, 0.6) is 6.01 Å². The summed E-state index contributed by atoms with van der Waals surface area (Å²) in [5.41, 5.74) is 0. The van der Waals surface area contributed by atoms with Crippen LogP contribution in [0, 0.1) is 0 Å². The Morgan fingerprint density at radius 2 is 1.71 bits per heavy atom. The fraction of sp³-hybridized carbons (Fsp3) is 0.750. The first-order valence-electron chi connectivity index (χ1n) is 7.07. The van der Waals surface area contributed by atoms with Crippen LogP contribution in [0.15, 0.2) is 0 Å². The van der Waals surface area contributed by atoms with Gasteiger partial charge < -0.3 is 15.4 Å². The van der Waals surface area contributed by atoms with E-state index in [-0.39, 0.29) is 24.1 Å². The third-order valence-electron chi connectivity index (χ3n) is 2.52. The fourth-order valence-electron chi connectivity index (χ4n) is 1.39. The molecule has 0 atom stereocenters. The fourth-order valence-corrected chi connectivity index (χ4v) is 2.10. The molecule has 1 rings (SSSR count). The average Bonchev–Trinajstić information content (AvgIpc) is 2.45. The number of ether oxygens (including phenoxy) is 1. The molecular weight excluding hydrogens is 294 g/mol. The highest BCUT2D eigenvalue weighted by atomic mass is 32.2. The highest BCUT2D eigenvalue weighted by molar-refractivity contribution is 7.91. The van der Waals surface area contributed by atoms with Crippen LogP contribution in [0.1, 0.15) is 27.2 Å². The van der Waals surface area contributed by atoms with Crippen molar-refractivity contribution >= 4 is 21.7 Å². The molecule has 0 aliphatic heterocycles. The Balaban J connectivity index is 2.72. The molecular formula is C12H23N5O3S. The van der Waals surface area contributed by atoms with Gasteiger partial charge in [-0.05, 0) is 13.3 Å². The van der Waals surface area contributed by atoms with Crippen molar-refractivity contribution in [3.8, 4) is 6.01 Å². The summed E-state index contributed by atoms with van der Waals surface area (Å²) in [5.74, 6) is 0.869. The van der Waals surface area contributed by atoms with Gasteiger partial charge in [-0.1, -0.05) is 13.8 Å². The van der Waals surface area contributed by atoms with Crippen molar-refractivity contribution in [1.29, 1.82) is 0 Å².